The molecule has 2 heterocycles. The molecule has 0 saturated carbocycles. The van der Waals surface area contributed by atoms with Gasteiger partial charge in [-0.3, -0.25) is 5.41 Å². The monoisotopic (exact) mass is 282 g/mol. The van der Waals surface area contributed by atoms with Crippen molar-refractivity contribution < 1.29 is 4.74 Å². The minimum atomic E-state index is 0. The first kappa shape index (κ1) is 13.5. The number of rotatable bonds is 2. The first-order valence-electron chi connectivity index (χ1n) is 4.39. The molecule has 1 aromatic rings. The van der Waals surface area contributed by atoms with Gasteiger partial charge in [-0.2, -0.15) is 0 Å². The van der Waals surface area contributed by atoms with Gasteiger partial charge in [0.1, 0.15) is 13.5 Å². The molecule has 0 radical (unpaired) electrons. The maximum absolute atomic E-state index is 7.83. The average Bonchev–Trinajstić information content (AvgIpc) is 2.59. The van der Waals surface area contributed by atoms with Crippen LogP contribution in [0.2, 0.25) is 4.47 Å². The molecular formula is C8H12Cl2N4OS. The molecule has 1 fully saturated rings. The molecule has 0 unspecified atom stereocenters. The fraction of sp³-hybridized carbons (Fsp3) is 0.500. The normalized spacial score (nSPS) is 16.2. The zero-order chi connectivity index (χ0) is 10.8. The predicted molar refractivity (Wildman–Crippen MR) is 66.2 cm³/mol. The molecule has 16 heavy (non-hydrogen) atoms. The van der Waals surface area contributed by atoms with Crippen LogP contribution < -0.4 is 0 Å². The minimum absolute atomic E-state index is 0. The summed E-state index contributed by atoms with van der Waals surface area (Å²) in [6.07, 6.45) is 1.73. The van der Waals surface area contributed by atoms with Gasteiger partial charge in [-0.05, 0) is 0 Å². The predicted octanol–water partition coefficient (Wildman–Crippen LogP) is 1.83. The van der Waals surface area contributed by atoms with Crippen molar-refractivity contribution in [3.05, 3.63) is 15.5 Å². The highest BCUT2D eigenvalue weighted by atomic mass is 35.5. The van der Waals surface area contributed by atoms with Crippen LogP contribution >= 0.6 is 35.3 Å². The van der Waals surface area contributed by atoms with Crippen LogP contribution in [0.5, 0.6) is 0 Å². The largest absolute Gasteiger partial charge is 0.341 e. The van der Waals surface area contributed by atoms with E-state index in [-0.39, 0.29) is 12.4 Å². The molecule has 5 nitrogen and oxygen atoms in total. The van der Waals surface area contributed by atoms with E-state index in [9.17, 15) is 0 Å². The van der Waals surface area contributed by atoms with E-state index in [0.29, 0.717) is 30.4 Å². The van der Waals surface area contributed by atoms with Crippen molar-refractivity contribution in [2.45, 2.75) is 6.54 Å². The van der Waals surface area contributed by atoms with E-state index < -0.39 is 0 Å². The number of aromatic nitrogens is 1. The van der Waals surface area contributed by atoms with Gasteiger partial charge in [-0.25, -0.2) is 4.98 Å². The lowest BCUT2D eigenvalue weighted by molar-refractivity contribution is -0.0217. The van der Waals surface area contributed by atoms with Gasteiger partial charge in [-0.15, -0.1) is 23.7 Å². The fourth-order valence-corrected chi connectivity index (χ4v) is 2.31. The number of nitrogens with zero attached hydrogens (tertiary/aromatic N) is 3. The molecule has 0 amide bonds. The number of guanidine groups is 1. The Morgan fingerprint density at radius 3 is 3.00 bits per heavy atom. The Hall–Kier alpha value is -0.560. The summed E-state index contributed by atoms with van der Waals surface area (Å²) in [6.45, 7) is 1.53. The lowest BCUT2D eigenvalue weighted by Crippen LogP contribution is -2.48. The summed E-state index contributed by atoms with van der Waals surface area (Å²) in [4.78, 5) is 8.56. The number of nitrogens with one attached hydrogen (secondary N) is 1. The van der Waals surface area contributed by atoms with Crippen molar-refractivity contribution in [3.63, 3.8) is 0 Å². The highest BCUT2D eigenvalue weighted by Crippen LogP contribution is 2.20. The van der Waals surface area contributed by atoms with Crippen LogP contribution in [0.25, 0.3) is 0 Å². The molecule has 1 aromatic heterocycles. The Labute approximate surface area is 109 Å². The summed E-state index contributed by atoms with van der Waals surface area (Å²) >= 11 is 7.16. The Bertz CT molecular complexity index is 373. The number of ether oxygens (including phenoxy) is 1. The van der Waals surface area contributed by atoms with Crippen LogP contribution in [-0.4, -0.2) is 41.3 Å². The van der Waals surface area contributed by atoms with Crippen molar-refractivity contribution in [1.82, 2.24) is 14.8 Å². The van der Waals surface area contributed by atoms with E-state index in [1.165, 1.54) is 11.3 Å². The van der Waals surface area contributed by atoms with E-state index in [1.54, 1.807) is 11.1 Å². The number of hydrogen-bond donors (Lipinski definition) is 1. The Morgan fingerprint density at radius 1 is 1.62 bits per heavy atom. The molecule has 2 rings (SSSR count). The quantitative estimate of drug-likeness (QED) is 0.899. The van der Waals surface area contributed by atoms with Crippen molar-refractivity contribution in [2.75, 3.05) is 20.5 Å². The van der Waals surface area contributed by atoms with Gasteiger partial charge in [0.25, 0.3) is 0 Å². The van der Waals surface area contributed by atoms with Crippen LogP contribution in [0.4, 0.5) is 0 Å². The second-order valence-electron chi connectivity index (χ2n) is 3.26. The Morgan fingerprint density at radius 2 is 2.38 bits per heavy atom. The molecule has 8 heteroatoms. The second kappa shape index (κ2) is 5.67. The maximum Gasteiger partial charge on any atom is 0.197 e. The molecule has 1 aliphatic rings. The van der Waals surface area contributed by atoms with E-state index in [0.717, 1.165) is 4.88 Å². The Balaban J connectivity index is 0.00000128. The molecule has 0 spiro atoms. The molecule has 0 aromatic carbocycles. The lowest BCUT2D eigenvalue weighted by Gasteiger charge is -2.35. The molecule has 90 valence electrons. The third-order valence-electron chi connectivity index (χ3n) is 2.07. The summed E-state index contributed by atoms with van der Waals surface area (Å²) in [5, 5.41) is 7.83. The number of halogens is 2. The van der Waals surface area contributed by atoms with Crippen LogP contribution in [0.15, 0.2) is 6.20 Å². The standard InChI is InChI=1S/C8H11ClN4OS.ClH/c1-12-4-14-5-13(8(12)10)3-6-2-11-7(9)15-6;/h2,10H,3-5H2,1H3;1H. The second-order valence-corrected chi connectivity index (χ2v) is 4.96. The zero-order valence-electron chi connectivity index (χ0n) is 8.64. The number of hydrogen-bond acceptors (Lipinski definition) is 4. The van der Waals surface area contributed by atoms with Crippen LogP contribution in [0.1, 0.15) is 4.88 Å². The van der Waals surface area contributed by atoms with Gasteiger partial charge >= 0.3 is 0 Å². The summed E-state index contributed by atoms with van der Waals surface area (Å²) in [6, 6.07) is 0. The van der Waals surface area contributed by atoms with Crippen molar-refractivity contribution >= 4 is 41.3 Å². The SMILES string of the molecule is CN1COCN(Cc2cnc(Cl)s2)C1=N.Cl. The first-order valence-corrected chi connectivity index (χ1v) is 5.59. The summed E-state index contributed by atoms with van der Waals surface area (Å²) < 4.78 is 5.84. The molecule has 0 aliphatic carbocycles. The fourth-order valence-electron chi connectivity index (χ4n) is 1.32. The molecule has 0 atom stereocenters. The summed E-state index contributed by atoms with van der Waals surface area (Å²) in [5.41, 5.74) is 0. The van der Waals surface area contributed by atoms with Gasteiger partial charge in [0.05, 0.1) is 6.54 Å². The average molecular weight is 283 g/mol. The van der Waals surface area contributed by atoms with Gasteiger partial charge in [0, 0.05) is 18.1 Å². The van der Waals surface area contributed by atoms with Crippen molar-refractivity contribution in [1.29, 1.82) is 5.41 Å². The van der Waals surface area contributed by atoms with Gasteiger partial charge < -0.3 is 14.5 Å². The molecule has 1 saturated heterocycles. The van der Waals surface area contributed by atoms with E-state index in [4.69, 9.17) is 21.7 Å². The summed E-state index contributed by atoms with van der Waals surface area (Å²) in [7, 11) is 1.83. The van der Waals surface area contributed by atoms with Crippen molar-refractivity contribution in [2.24, 2.45) is 0 Å². The Kier molecular flexibility index (Phi) is 4.79. The lowest BCUT2D eigenvalue weighted by atomic mass is 10.5. The topological polar surface area (TPSA) is 52.5 Å². The molecule has 1 N–H and O–H groups in total. The van der Waals surface area contributed by atoms with Gasteiger partial charge in [0.2, 0.25) is 0 Å². The third kappa shape index (κ3) is 2.98. The third-order valence-corrected chi connectivity index (χ3v) is 3.16. The first-order chi connectivity index (χ1) is 7.16. The molecule has 1 aliphatic heterocycles. The van der Waals surface area contributed by atoms with E-state index in [1.807, 2.05) is 11.9 Å². The summed E-state index contributed by atoms with van der Waals surface area (Å²) in [5.74, 6) is 0.464. The number of thiazole rings is 1. The smallest absolute Gasteiger partial charge is 0.197 e. The van der Waals surface area contributed by atoms with Crippen molar-refractivity contribution in [3.8, 4) is 0 Å². The van der Waals surface area contributed by atoms with Gasteiger partial charge in [-0.1, -0.05) is 11.6 Å². The van der Waals surface area contributed by atoms with Crippen LogP contribution in [-0.2, 0) is 11.3 Å². The zero-order valence-corrected chi connectivity index (χ0v) is 11.0. The van der Waals surface area contributed by atoms with Gasteiger partial charge in [0.15, 0.2) is 10.4 Å². The highest BCUT2D eigenvalue weighted by molar-refractivity contribution is 7.15. The molecule has 0 bridgehead atoms. The van der Waals surface area contributed by atoms with E-state index in [2.05, 4.69) is 4.98 Å². The maximum atomic E-state index is 7.83. The van der Waals surface area contributed by atoms with E-state index >= 15 is 0 Å². The van der Waals surface area contributed by atoms with Crippen LogP contribution in [0, 0.1) is 5.41 Å². The highest BCUT2D eigenvalue weighted by Gasteiger charge is 2.20. The van der Waals surface area contributed by atoms with Crippen LogP contribution in [0.3, 0.4) is 0 Å². The molecular weight excluding hydrogens is 271 g/mol. The minimum Gasteiger partial charge on any atom is -0.341 e.